The summed E-state index contributed by atoms with van der Waals surface area (Å²) < 4.78 is 20.7. The third-order valence-electron chi connectivity index (χ3n) is 3.51. The Morgan fingerprint density at radius 3 is 2.26 bits per heavy atom. The molecule has 1 aromatic carbocycles. The summed E-state index contributed by atoms with van der Waals surface area (Å²) in [5.41, 5.74) is 0.933. The number of halogens is 1. The van der Waals surface area contributed by atoms with Crippen molar-refractivity contribution in [2.45, 2.75) is 6.61 Å². The monoisotopic (exact) mass is 394 g/mol. The van der Waals surface area contributed by atoms with Crippen molar-refractivity contribution in [3.05, 3.63) is 46.7 Å². The third kappa shape index (κ3) is 5.49. The molecule has 1 N–H and O–H groups in total. The van der Waals surface area contributed by atoms with Gasteiger partial charge in [0.1, 0.15) is 18.3 Å². The van der Waals surface area contributed by atoms with Gasteiger partial charge in [-0.15, -0.1) is 0 Å². The summed E-state index contributed by atoms with van der Waals surface area (Å²) in [5.74, 6) is -0.0442. The van der Waals surface area contributed by atoms with Crippen molar-refractivity contribution in [3.63, 3.8) is 0 Å². The van der Waals surface area contributed by atoms with Crippen LogP contribution in [-0.2, 0) is 16.1 Å². The van der Waals surface area contributed by atoms with E-state index in [2.05, 4.69) is 10.3 Å². The second-order valence-corrected chi connectivity index (χ2v) is 5.63. The first kappa shape index (κ1) is 20.3. The Labute approximate surface area is 161 Å². The van der Waals surface area contributed by atoms with Gasteiger partial charge in [-0.25, -0.2) is 4.98 Å². The lowest BCUT2D eigenvalue weighted by molar-refractivity contribution is -0.143. The Kier molecular flexibility index (Phi) is 7.25. The van der Waals surface area contributed by atoms with E-state index in [1.165, 1.54) is 39.7 Å². The van der Waals surface area contributed by atoms with Crippen molar-refractivity contribution in [1.29, 1.82) is 0 Å². The molecule has 1 amide bonds. The molecule has 0 atom stereocenters. The molecule has 0 radical (unpaired) electrons. The van der Waals surface area contributed by atoms with Crippen LogP contribution in [0.5, 0.6) is 17.2 Å². The van der Waals surface area contributed by atoms with Crippen LogP contribution in [0.15, 0.2) is 30.5 Å². The zero-order valence-electron chi connectivity index (χ0n) is 15.1. The largest absolute Gasteiger partial charge is 0.493 e. The van der Waals surface area contributed by atoms with E-state index >= 15 is 0 Å². The quantitative estimate of drug-likeness (QED) is 0.541. The third-order valence-corrected chi connectivity index (χ3v) is 3.73. The Morgan fingerprint density at radius 1 is 1.07 bits per heavy atom. The van der Waals surface area contributed by atoms with Crippen molar-refractivity contribution < 1.29 is 28.5 Å². The number of hydrogen-bond donors (Lipinski definition) is 1. The van der Waals surface area contributed by atoms with E-state index < -0.39 is 11.9 Å². The lowest BCUT2D eigenvalue weighted by Crippen LogP contribution is -2.30. The summed E-state index contributed by atoms with van der Waals surface area (Å²) >= 11 is 5.69. The highest BCUT2D eigenvalue weighted by Gasteiger charge is 2.17. The molecule has 2 rings (SSSR count). The predicted molar refractivity (Wildman–Crippen MR) is 97.5 cm³/mol. The molecule has 0 aliphatic carbocycles. The summed E-state index contributed by atoms with van der Waals surface area (Å²) in [6.45, 7) is -0.264. The van der Waals surface area contributed by atoms with E-state index in [9.17, 15) is 9.59 Å². The highest BCUT2D eigenvalue weighted by molar-refractivity contribution is 6.29. The van der Waals surface area contributed by atoms with E-state index in [0.29, 0.717) is 28.0 Å². The summed E-state index contributed by atoms with van der Waals surface area (Å²) in [5, 5.41) is 2.83. The molecule has 144 valence electrons. The van der Waals surface area contributed by atoms with Gasteiger partial charge in [0.15, 0.2) is 11.5 Å². The number of rotatable bonds is 8. The Hall–Kier alpha value is -3.00. The van der Waals surface area contributed by atoms with Gasteiger partial charge in [0, 0.05) is 17.3 Å². The smallest absolute Gasteiger partial charge is 0.325 e. The highest BCUT2D eigenvalue weighted by atomic mass is 35.5. The molecule has 0 spiro atoms. The SMILES string of the molecule is COc1cc(C(=O)NCC(=O)OCc2ccc(Cl)nc2)cc(OC)c1OC. The summed E-state index contributed by atoms with van der Waals surface area (Å²) in [6, 6.07) is 6.26. The number of amides is 1. The molecule has 9 heteroatoms. The number of nitrogens with zero attached hydrogens (tertiary/aromatic N) is 1. The van der Waals surface area contributed by atoms with Gasteiger partial charge in [0.2, 0.25) is 5.75 Å². The van der Waals surface area contributed by atoms with Crippen molar-refractivity contribution >= 4 is 23.5 Å². The minimum atomic E-state index is -0.592. The maximum Gasteiger partial charge on any atom is 0.325 e. The lowest BCUT2D eigenvalue weighted by Gasteiger charge is -2.14. The summed E-state index contributed by atoms with van der Waals surface area (Å²) in [4.78, 5) is 28.0. The standard InChI is InChI=1S/C18H19ClN2O6/c1-24-13-6-12(7-14(25-2)17(13)26-3)18(23)21-9-16(22)27-10-11-4-5-15(19)20-8-11/h4-8H,9-10H2,1-3H3,(H,21,23). The fourth-order valence-corrected chi connectivity index (χ4v) is 2.29. The van der Waals surface area contributed by atoms with Crippen LogP contribution in [0.25, 0.3) is 0 Å². The first-order chi connectivity index (χ1) is 13.0. The van der Waals surface area contributed by atoms with Gasteiger partial charge < -0.3 is 24.3 Å². The first-order valence-electron chi connectivity index (χ1n) is 7.82. The number of carbonyl (C=O) groups is 2. The van der Waals surface area contributed by atoms with E-state index in [-0.39, 0.29) is 18.7 Å². The van der Waals surface area contributed by atoms with Crippen LogP contribution in [0.1, 0.15) is 15.9 Å². The van der Waals surface area contributed by atoms with E-state index in [4.69, 9.17) is 30.5 Å². The molecule has 1 heterocycles. The maximum absolute atomic E-state index is 12.3. The van der Waals surface area contributed by atoms with Gasteiger partial charge in [-0.05, 0) is 18.2 Å². The Morgan fingerprint density at radius 2 is 1.74 bits per heavy atom. The topological polar surface area (TPSA) is 96.0 Å². The number of nitrogens with one attached hydrogen (secondary N) is 1. The molecule has 0 unspecified atom stereocenters. The molecule has 1 aromatic heterocycles. The van der Waals surface area contributed by atoms with Crippen LogP contribution in [0.3, 0.4) is 0 Å². The molecular formula is C18H19ClN2O6. The normalized spacial score (nSPS) is 10.1. The number of aromatic nitrogens is 1. The van der Waals surface area contributed by atoms with Gasteiger partial charge in [-0.1, -0.05) is 17.7 Å². The molecule has 0 fully saturated rings. The van der Waals surface area contributed by atoms with Crippen LogP contribution >= 0.6 is 11.6 Å². The maximum atomic E-state index is 12.3. The molecule has 0 saturated carbocycles. The van der Waals surface area contributed by atoms with Crippen molar-refractivity contribution in [1.82, 2.24) is 10.3 Å². The lowest BCUT2D eigenvalue weighted by atomic mass is 10.1. The molecule has 2 aromatic rings. The van der Waals surface area contributed by atoms with Crippen LogP contribution in [0.4, 0.5) is 0 Å². The van der Waals surface area contributed by atoms with Gasteiger partial charge in [0.25, 0.3) is 5.91 Å². The molecular weight excluding hydrogens is 376 g/mol. The predicted octanol–water partition coefficient (Wildman–Crippen LogP) is 2.23. The fourth-order valence-electron chi connectivity index (χ4n) is 2.17. The van der Waals surface area contributed by atoms with Gasteiger partial charge >= 0.3 is 5.97 Å². The van der Waals surface area contributed by atoms with Crippen molar-refractivity contribution in [2.75, 3.05) is 27.9 Å². The van der Waals surface area contributed by atoms with Crippen molar-refractivity contribution in [3.8, 4) is 17.2 Å². The van der Waals surface area contributed by atoms with Gasteiger partial charge in [-0.3, -0.25) is 9.59 Å². The van der Waals surface area contributed by atoms with E-state index in [0.717, 1.165) is 0 Å². The molecule has 0 aliphatic heterocycles. The zero-order chi connectivity index (χ0) is 19.8. The second kappa shape index (κ2) is 9.63. The number of esters is 1. The minimum absolute atomic E-state index is 0.0308. The van der Waals surface area contributed by atoms with Crippen LogP contribution < -0.4 is 19.5 Å². The molecule has 0 aliphatic rings. The molecule has 0 bridgehead atoms. The van der Waals surface area contributed by atoms with Crippen molar-refractivity contribution in [2.24, 2.45) is 0 Å². The number of benzene rings is 1. The minimum Gasteiger partial charge on any atom is -0.493 e. The molecule has 8 nitrogen and oxygen atoms in total. The fraction of sp³-hybridized carbons (Fsp3) is 0.278. The number of hydrogen-bond acceptors (Lipinski definition) is 7. The average molecular weight is 395 g/mol. The van der Waals surface area contributed by atoms with Crippen LogP contribution in [0.2, 0.25) is 5.15 Å². The van der Waals surface area contributed by atoms with Gasteiger partial charge in [-0.2, -0.15) is 0 Å². The average Bonchev–Trinajstić information content (AvgIpc) is 2.70. The number of carbonyl (C=O) groups excluding carboxylic acids is 2. The van der Waals surface area contributed by atoms with E-state index in [1.54, 1.807) is 12.1 Å². The first-order valence-corrected chi connectivity index (χ1v) is 8.20. The Balaban J connectivity index is 1.94. The van der Waals surface area contributed by atoms with Crippen LogP contribution in [0, 0.1) is 0 Å². The van der Waals surface area contributed by atoms with Gasteiger partial charge in [0.05, 0.1) is 21.3 Å². The Bertz CT molecular complexity index is 785. The highest BCUT2D eigenvalue weighted by Crippen LogP contribution is 2.38. The van der Waals surface area contributed by atoms with E-state index in [1.807, 2.05) is 0 Å². The molecule has 0 saturated heterocycles. The van der Waals surface area contributed by atoms with Crippen LogP contribution in [-0.4, -0.2) is 44.7 Å². The number of methoxy groups -OCH3 is 3. The molecule has 27 heavy (non-hydrogen) atoms. The number of ether oxygens (including phenoxy) is 4. The second-order valence-electron chi connectivity index (χ2n) is 5.25. The number of pyridine rings is 1. The summed E-state index contributed by atoms with van der Waals surface area (Å²) in [7, 11) is 4.36. The zero-order valence-corrected chi connectivity index (χ0v) is 15.8. The summed E-state index contributed by atoms with van der Waals surface area (Å²) in [6.07, 6.45) is 1.50.